The zero-order valence-electron chi connectivity index (χ0n) is 26.2. The quantitative estimate of drug-likeness (QED) is 0.223. The van der Waals surface area contributed by atoms with Crippen LogP contribution in [-0.2, 0) is 0 Å². The van der Waals surface area contributed by atoms with Crippen molar-refractivity contribution in [2.24, 2.45) is 0 Å². The second-order valence-corrected chi connectivity index (χ2v) is 12.2. The number of nitriles is 1. The molecule has 11 heteroatoms. The molecule has 9 nitrogen and oxygen atoms in total. The van der Waals surface area contributed by atoms with E-state index >= 15 is 4.39 Å². The molecule has 47 heavy (non-hydrogen) atoms. The Morgan fingerprint density at radius 3 is 2.43 bits per heavy atom. The lowest BCUT2D eigenvalue weighted by Crippen LogP contribution is -2.38. The summed E-state index contributed by atoms with van der Waals surface area (Å²) in [6.07, 6.45) is 7.35. The number of nitrogens with zero attached hydrogens (tertiary/aromatic N) is 4. The molecule has 1 aliphatic heterocycles. The number of nitrogens with two attached hydrogens (primary N) is 1. The van der Waals surface area contributed by atoms with E-state index < -0.39 is 23.1 Å². The van der Waals surface area contributed by atoms with Gasteiger partial charge in [0, 0.05) is 35.3 Å². The van der Waals surface area contributed by atoms with Crippen LogP contribution >= 0.6 is 0 Å². The van der Waals surface area contributed by atoms with Crippen LogP contribution in [0.5, 0.6) is 0 Å². The molecular weight excluding hydrogens is 600 g/mol. The average Bonchev–Trinajstić information content (AvgIpc) is 3.91. The summed E-state index contributed by atoms with van der Waals surface area (Å²) in [4.78, 5) is 33.7. The summed E-state index contributed by atoms with van der Waals surface area (Å²) in [6.45, 7) is 4.03. The van der Waals surface area contributed by atoms with Crippen molar-refractivity contribution in [2.75, 3.05) is 31.2 Å². The number of rotatable bonds is 8. The van der Waals surface area contributed by atoms with Crippen LogP contribution in [0.3, 0.4) is 0 Å². The molecular formula is C36H35F2N7O2. The number of halogens is 2. The standard InChI is InChI=1S/C36H35F2N7O2/c1-21(19-41-25-11-13-44(2)14-12-25)23-15-30(34(40)42-20-23)28-10-7-26(16-32(28)38)43-35(46)31-17-29(22-3-4-22)33(18-39)45(36(31)47)27-8-5-24(37)6-9-27/h5-10,15-17,19-20,22,25,41H,3-4,11-14H2,1-2H3,(H2,40,42)(H,43,46)/b21-19+. The van der Waals surface area contributed by atoms with Gasteiger partial charge in [-0.05, 0) is 130 Å². The number of carbonyl (C=O) groups excluding carboxylic acids is 1. The number of nitrogen functional groups attached to an aromatic ring is 1. The molecule has 4 N–H and O–H groups in total. The van der Waals surface area contributed by atoms with Gasteiger partial charge in [-0.1, -0.05) is 0 Å². The zero-order valence-corrected chi connectivity index (χ0v) is 26.2. The van der Waals surface area contributed by atoms with Crippen LogP contribution < -0.4 is 21.9 Å². The second-order valence-electron chi connectivity index (χ2n) is 12.2. The van der Waals surface area contributed by atoms with Crippen molar-refractivity contribution < 1.29 is 13.6 Å². The highest BCUT2D eigenvalue weighted by molar-refractivity contribution is 6.04. The van der Waals surface area contributed by atoms with Crippen molar-refractivity contribution in [3.8, 4) is 22.9 Å². The van der Waals surface area contributed by atoms with Crippen molar-refractivity contribution >= 4 is 23.0 Å². The van der Waals surface area contributed by atoms with Gasteiger partial charge in [0.15, 0.2) is 0 Å². The van der Waals surface area contributed by atoms with Gasteiger partial charge in [-0.2, -0.15) is 5.26 Å². The van der Waals surface area contributed by atoms with E-state index in [2.05, 4.69) is 33.6 Å². The van der Waals surface area contributed by atoms with Crippen LogP contribution in [0.25, 0.3) is 22.4 Å². The lowest BCUT2D eigenvalue weighted by Gasteiger charge is -2.29. The van der Waals surface area contributed by atoms with Gasteiger partial charge in [0.05, 0.1) is 5.69 Å². The number of hydrogen-bond donors (Lipinski definition) is 3. The Morgan fingerprint density at radius 1 is 1.04 bits per heavy atom. The maximum atomic E-state index is 15.6. The van der Waals surface area contributed by atoms with Gasteiger partial charge in [0.25, 0.3) is 11.5 Å². The molecule has 240 valence electrons. The van der Waals surface area contributed by atoms with Gasteiger partial charge >= 0.3 is 0 Å². The second kappa shape index (κ2) is 13.2. The van der Waals surface area contributed by atoms with Crippen LogP contribution in [0.1, 0.15) is 65.7 Å². The van der Waals surface area contributed by atoms with Crippen LogP contribution in [0.2, 0.25) is 0 Å². The minimum Gasteiger partial charge on any atom is -0.388 e. The van der Waals surface area contributed by atoms with E-state index in [9.17, 15) is 19.2 Å². The summed E-state index contributed by atoms with van der Waals surface area (Å²) in [6, 6.07) is 15.0. The summed E-state index contributed by atoms with van der Waals surface area (Å²) in [5, 5.41) is 16.0. The summed E-state index contributed by atoms with van der Waals surface area (Å²) >= 11 is 0. The molecule has 0 spiro atoms. The van der Waals surface area contributed by atoms with Crippen LogP contribution in [0, 0.1) is 23.0 Å². The molecule has 1 saturated carbocycles. The summed E-state index contributed by atoms with van der Waals surface area (Å²) in [5.41, 5.74) is 8.62. The first kappa shape index (κ1) is 31.6. The summed E-state index contributed by atoms with van der Waals surface area (Å²) < 4.78 is 30.4. The van der Waals surface area contributed by atoms with Gasteiger partial charge in [-0.15, -0.1) is 0 Å². The molecule has 1 saturated heterocycles. The summed E-state index contributed by atoms with van der Waals surface area (Å²) in [7, 11) is 2.12. The number of nitrogens with one attached hydrogen (secondary N) is 2. The van der Waals surface area contributed by atoms with Crippen LogP contribution in [0.15, 0.2) is 71.8 Å². The first-order valence-corrected chi connectivity index (χ1v) is 15.6. The molecule has 2 aromatic heterocycles. The Labute approximate surface area is 271 Å². The molecule has 2 fully saturated rings. The Balaban J connectivity index is 1.26. The number of carbonyl (C=O) groups is 1. The van der Waals surface area contributed by atoms with Crippen molar-refractivity contribution in [2.45, 2.75) is 44.6 Å². The third kappa shape index (κ3) is 6.78. The predicted molar refractivity (Wildman–Crippen MR) is 178 cm³/mol. The minimum absolute atomic E-state index is 0.0265. The maximum absolute atomic E-state index is 15.6. The van der Waals surface area contributed by atoms with E-state index in [1.165, 1.54) is 42.5 Å². The molecule has 0 atom stereocenters. The van der Waals surface area contributed by atoms with Crippen molar-refractivity contribution in [3.63, 3.8) is 0 Å². The fraction of sp³-hybridized carbons (Fsp3) is 0.278. The van der Waals surface area contributed by atoms with E-state index in [1.54, 1.807) is 12.3 Å². The Bertz CT molecular complexity index is 1970. The molecule has 6 rings (SSSR count). The van der Waals surface area contributed by atoms with Crippen LogP contribution in [-0.4, -0.2) is 46.5 Å². The highest BCUT2D eigenvalue weighted by Crippen LogP contribution is 2.42. The number of anilines is 2. The van der Waals surface area contributed by atoms with E-state index in [-0.39, 0.29) is 39.9 Å². The highest BCUT2D eigenvalue weighted by atomic mass is 19.1. The monoisotopic (exact) mass is 635 g/mol. The number of pyridine rings is 2. The minimum atomic E-state index is -0.759. The number of hydrogen-bond acceptors (Lipinski definition) is 7. The van der Waals surface area contributed by atoms with Gasteiger partial charge in [0.1, 0.15) is 34.8 Å². The van der Waals surface area contributed by atoms with Crippen molar-refractivity contribution in [1.29, 1.82) is 5.26 Å². The lowest BCUT2D eigenvalue weighted by molar-refractivity contribution is 0.102. The molecule has 4 aromatic rings. The number of likely N-dealkylation sites (tertiary alicyclic amines) is 1. The Hall–Kier alpha value is -5.34. The SMILES string of the molecule is C/C(=C\NC1CCN(C)CC1)c1cnc(N)c(-c2ccc(NC(=O)c3cc(C4CC4)c(C#N)n(-c4ccc(F)cc4)c3=O)cc2F)c1. The normalized spacial score (nSPS) is 15.7. The van der Waals surface area contributed by atoms with Gasteiger partial charge in [0.2, 0.25) is 0 Å². The first-order chi connectivity index (χ1) is 22.6. The number of amides is 1. The molecule has 1 aliphatic carbocycles. The smallest absolute Gasteiger partial charge is 0.269 e. The fourth-order valence-electron chi connectivity index (χ4n) is 5.87. The lowest BCUT2D eigenvalue weighted by atomic mass is 10.0. The van der Waals surface area contributed by atoms with Crippen molar-refractivity contribution in [3.05, 3.63) is 111 Å². The molecule has 2 aromatic carbocycles. The number of piperidine rings is 1. The van der Waals surface area contributed by atoms with Crippen LogP contribution in [0.4, 0.5) is 20.3 Å². The largest absolute Gasteiger partial charge is 0.388 e. The predicted octanol–water partition coefficient (Wildman–Crippen LogP) is 5.81. The van der Waals surface area contributed by atoms with E-state index in [4.69, 9.17) is 5.73 Å². The van der Waals surface area contributed by atoms with Gasteiger partial charge in [-0.3, -0.25) is 14.2 Å². The fourth-order valence-corrected chi connectivity index (χ4v) is 5.87. The topological polar surface area (TPSA) is 129 Å². The van der Waals surface area contributed by atoms with E-state index in [0.717, 1.165) is 60.5 Å². The number of allylic oxidation sites excluding steroid dienone is 1. The average molecular weight is 636 g/mol. The van der Waals surface area contributed by atoms with Crippen molar-refractivity contribution in [1.82, 2.24) is 19.8 Å². The summed E-state index contributed by atoms with van der Waals surface area (Å²) in [5.74, 6) is -1.71. The maximum Gasteiger partial charge on any atom is 0.269 e. The third-order valence-electron chi connectivity index (χ3n) is 8.83. The van der Waals surface area contributed by atoms with Gasteiger partial charge in [-0.25, -0.2) is 13.8 Å². The highest BCUT2D eigenvalue weighted by Gasteiger charge is 2.31. The Kier molecular flexibility index (Phi) is 8.87. The molecule has 3 heterocycles. The van der Waals surface area contributed by atoms with E-state index in [1.807, 2.05) is 13.1 Å². The first-order valence-electron chi connectivity index (χ1n) is 15.6. The molecule has 0 bridgehead atoms. The Morgan fingerprint density at radius 2 is 1.77 bits per heavy atom. The zero-order chi connectivity index (χ0) is 33.2. The molecule has 1 amide bonds. The third-order valence-corrected chi connectivity index (χ3v) is 8.83. The molecule has 0 radical (unpaired) electrons. The molecule has 2 aliphatic rings. The molecule has 0 unspecified atom stereocenters. The number of aromatic nitrogens is 2. The van der Waals surface area contributed by atoms with Gasteiger partial charge < -0.3 is 21.3 Å². The van der Waals surface area contributed by atoms with E-state index in [0.29, 0.717) is 17.2 Å². The number of benzene rings is 2.